The van der Waals surface area contributed by atoms with Gasteiger partial charge in [0.05, 0.1) is 9.82 Å². The van der Waals surface area contributed by atoms with Crippen molar-refractivity contribution in [1.82, 2.24) is 9.97 Å². The lowest BCUT2D eigenvalue weighted by Crippen LogP contribution is -2.14. The van der Waals surface area contributed by atoms with E-state index in [-0.39, 0.29) is 21.6 Å². The normalized spacial score (nSPS) is 11.1. The molecule has 0 fully saturated rings. The minimum absolute atomic E-state index is 0.0310. The number of benzene rings is 1. The number of sulfonamides is 1. The second-order valence-corrected chi connectivity index (χ2v) is 5.66. The predicted molar refractivity (Wildman–Crippen MR) is 70.9 cm³/mol. The number of rotatable bonds is 4. The Bertz CT molecular complexity index is 765. The molecule has 0 aliphatic heterocycles. The Labute approximate surface area is 118 Å². The minimum atomic E-state index is -3.99. The third-order valence-corrected chi connectivity index (χ3v) is 3.77. The number of nitrogens with one attached hydrogen (secondary N) is 1. The van der Waals surface area contributed by atoms with Crippen LogP contribution in [0.25, 0.3) is 0 Å². The molecule has 0 saturated carbocycles. The molecule has 8 nitrogen and oxygen atoms in total. The molecule has 0 radical (unpaired) electrons. The monoisotopic (exact) mass is 314 g/mol. The summed E-state index contributed by atoms with van der Waals surface area (Å²) in [5, 5.41) is 10.7. The molecule has 1 aromatic carbocycles. The van der Waals surface area contributed by atoms with Crippen LogP contribution in [0.2, 0.25) is 5.15 Å². The van der Waals surface area contributed by atoms with Crippen molar-refractivity contribution in [3.05, 3.63) is 51.9 Å². The van der Waals surface area contributed by atoms with Gasteiger partial charge in [-0.1, -0.05) is 17.7 Å². The van der Waals surface area contributed by atoms with Crippen molar-refractivity contribution in [2.24, 2.45) is 0 Å². The second-order valence-electron chi connectivity index (χ2n) is 3.59. The molecular weight excluding hydrogens is 308 g/mol. The van der Waals surface area contributed by atoms with Crippen LogP contribution < -0.4 is 4.72 Å². The number of aromatic nitrogens is 2. The number of nitrogens with zero attached hydrogens (tertiary/aromatic N) is 3. The highest BCUT2D eigenvalue weighted by molar-refractivity contribution is 7.92. The van der Waals surface area contributed by atoms with Gasteiger partial charge in [0.1, 0.15) is 17.3 Å². The molecule has 2 aromatic rings. The van der Waals surface area contributed by atoms with Gasteiger partial charge < -0.3 is 0 Å². The van der Waals surface area contributed by atoms with Crippen LogP contribution in [0.1, 0.15) is 0 Å². The van der Waals surface area contributed by atoms with E-state index in [1.165, 1.54) is 24.3 Å². The Morgan fingerprint density at radius 1 is 1.25 bits per heavy atom. The number of anilines is 1. The molecule has 1 N–H and O–H groups in total. The fourth-order valence-electron chi connectivity index (χ4n) is 1.35. The van der Waals surface area contributed by atoms with Gasteiger partial charge in [-0.3, -0.25) is 14.8 Å². The molecule has 0 amide bonds. The summed E-state index contributed by atoms with van der Waals surface area (Å²) in [6.45, 7) is 0. The highest BCUT2D eigenvalue weighted by Crippen LogP contribution is 2.20. The first kappa shape index (κ1) is 14.2. The maximum Gasteiger partial charge on any atom is 0.270 e. The van der Waals surface area contributed by atoms with Gasteiger partial charge in [-0.2, -0.15) is 0 Å². The van der Waals surface area contributed by atoms with Crippen LogP contribution in [0.5, 0.6) is 0 Å². The minimum Gasteiger partial charge on any atom is -0.263 e. The van der Waals surface area contributed by atoms with Crippen LogP contribution in [-0.2, 0) is 10.0 Å². The maximum absolute atomic E-state index is 12.1. The summed E-state index contributed by atoms with van der Waals surface area (Å²) in [5.74, 6) is -0.0310. The first-order valence-electron chi connectivity index (χ1n) is 5.13. The summed E-state index contributed by atoms with van der Waals surface area (Å²) in [5.41, 5.74) is -0.325. The average molecular weight is 315 g/mol. The Morgan fingerprint density at radius 3 is 2.65 bits per heavy atom. The van der Waals surface area contributed by atoms with Gasteiger partial charge in [-0.15, -0.1) is 0 Å². The number of hydrogen-bond donors (Lipinski definition) is 1. The molecule has 2 rings (SSSR count). The summed E-state index contributed by atoms with van der Waals surface area (Å²) in [6, 6.07) is 5.87. The Kier molecular flexibility index (Phi) is 3.81. The standard InChI is InChI=1S/C10H7ClN4O4S/c11-9-5-10(13-6-12-9)14-20(18,19)8-3-1-2-7(4-8)15(16)17/h1-6H,(H,12,13,14). The number of non-ortho nitro benzene ring substituents is 1. The van der Waals surface area contributed by atoms with E-state index in [4.69, 9.17) is 11.6 Å². The van der Waals surface area contributed by atoms with Gasteiger partial charge in [0, 0.05) is 18.2 Å². The smallest absolute Gasteiger partial charge is 0.263 e. The highest BCUT2D eigenvalue weighted by atomic mass is 35.5. The van der Waals surface area contributed by atoms with Crippen molar-refractivity contribution in [2.75, 3.05) is 4.72 Å². The van der Waals surface area contributed by atoms with Crippen molar-refractivity contribution in [1.29, 1.82) is 0 Å². The molecule has 1 heterocycles. The van der Waals surface area contributed by atoms with Gasteiger partial charge in [0.25, 0.3) is 15.7 Å². The van der Waals surface area contributed by atoms with Crippen molar-refractivity contribution in [2.45, 2.75) is 4.90 Å². The summed E-state index contributed by atoms with van der Waals surface area (Å²) in [6.07, 6.45) is 1.09. The van der Waals surface area contributed by atoms with E-state index < -0.39 is 14.9 Å². The molecule has 20 heavy (non-hydrogen) atoms. The summed E-state index contributed by atoms with van der Waals surface area (Å²) < 4.78 is 26.3. The van der Waals surface area contributed by atoms with E-state index in [0.29, 0.717) is 0 Å². The molecule has 0 aliphatic carbocycles. The van der Waals surface area contributed by atoms with E-state index in [1.807, 2.05) is 0 Å². The number of nitro groups is 1. The van der Waals surface area contributed by atoms with E-state index in [2.05, 4.69) is 14.7 Å². The van der Waals surface area contributed by atoms with Crippen LogP contribution >= 0.6 is 11.6 Å². The Balaban J connectivity index is 2.35. The van der Waals surface area contributed by atoms with Crippen LogP contribution in [0.3, 0.4) is 0 Å². The molecule has 1 aromatic heterocycles. The fourth-order valence-corrected chi connectivity index (χ4v) is 2.54. The van der Waals surface area contributed by atoms with Crippen LogP contribution in [0.15, 0.2) is 41.6 Å². The molecule has 0 aliphatic rings. The maximum atomic E-state index is 12.1. The van der Waals surface area contributed by atoms with Crippen LogP contribution in [0.4, 0.5) is 11.5 Å². The SMILES string of the molecule is O=[N+]([O-])c1cccc(S(=O)(=O)Nc2cc(Cl)ncn2)c1. The van der Waals surface area contributed by atoms with Gasteiger partial charge in [0.15, 0.2) is 0 Å². The third kappa shape index (κ3) is 3.19. The van der Waals surface area contributed by atoms with Gasteiger partial charge in [-0.25, -0.2) is 18.4 Å². The van der Waals surface area contributed by atoms with Gasteiger partial charge in [-0.05, 0) is 6.07 Å². The van der Waals surface area contributed by atoms with Crippen molar-refractivity contribution in [3.63, 3.8) is 0 Å². The lowest BCUT2D eigenvalue weighted by molar-refractivity contribution is -0.385. The first-order chi connectivity index (χ1) is 9.38. The van der Waals surface area contributed by atoms with Crippen molar-refractivity contribution < 1.29 is 13.3 Å². The zero-order chi connectivity index (χ0) is 14.8. The quantitative estimate of drug-likeness (QED) is 0.523. The molecule has 0 spiro atoms. The van der Waals surface area contributed by atoms with Crippen molar-refractivity contribution in [3.8, 4) is 0 Å². The Hall–Kier alpha value is -2.26. The molecular formula is C10H7ClN4O4S. The van der Waals surface area contributed by atoms with Gasteiger partial charge >= 0.3 is 0 Å². The molecule has 104 valence electrons. The predicted octanol–water partition coefficient (Wildman–Crippen LogP) is 1.84. The van der Waals surface area contributed by atoms with E-state index in [0.717, 1.165) is 12.4 Å². The molecule has 0 saturated heterocycles. The fraction of sp³-hybridized carbons (Fsp3) is 0. The summed E-state index contributed by atoms with van der Waals surface area (Å²) >= 11 is 5.61. The van der Waals surface area contributed by atoms with E-state index in [9.17, 15) is 18.5 Å². The third-order valence-electron chi connectivity index (χ3n) is 2.21. The van der Waals surface area contributed by atoms with E-state index >= 15 is 0 Å². The molecule has 0 bridgehead atoms. The first-order valence-corrected chi connectivity index (χ1v) is 6.99. The lowest BCUT2D eigenvalue weighted by atomic mass is 10.3. The van der Waals surface area contributed by atoms with Crippen molar-refractivity contribution >= 4 is 33.1 Å². The molecule has 10 heteroatoms. The zero-order valence-corrected chi connectivity index (χ0v) is 11.3. The average Bonchev–Trinajstić information content (AvgIpc) is 2.38. The lowest BCUT2D eigenvalue weighted by Gasteiger charge is -2.06. The number of hydrogen-bond acceptors (Lipinski definition) is 6. The Morgan fingerprint density at radius 2 is 2.00 bits per heavy atom. The van der Waals surface area contributed by atoms with Gasteiger partial charge in [0.2, 0.25) is 0 Å². The number of halogens is 1. The summed E-state index contributed by atoms with van der Waals surface area (Å²) in [7, 11) is -3.99. The van der Waals surface area contributed by atoms with Crippen LogP contribution in [0, 0.1) is 10.1 Å². The van der Waals surface area contributed by atoms with E-state index in [1.54, 1.807) is 0 Å². The second kappa shape index (κ2) is 5.39. The highest BCUT2D eigenvalue weighted by Gasteiger charge is 2.18. The summed E-state index contributed by atoms with van der Waals surface area (Å²) in [4.78, 5) is 17.0. The largest absolute Gasteiger partial charge is 0.270 e. The number of nitro benzene ring substituents is 1. The zero-order valence-electron chi connectivity index (χ0n) is 9.72. The topological polar surface area (TPSA) is 115 Å². The molecule has 0 atom stereocenters. The molecule has 0 unspecified atom stereocenters. The van der Waals surface area contributed by atoms with Crippen LogP contribution in [-0.4, -0.2) is 23.3 Å².